The molecule has 4 heterocycles. The zero-order valence-electron chi connectivity index (χ0n) is 25.2. The maximum Gasteiger partial charge on any atom is 0.416 e. The van der Waals surface area contributed by atoms with Crippen molar-refractivity contribution < 1.29 is 23.4 Å². The zero-order chi connectivity index (χ0) is 31.9. The molecule has 0 bridgehead atoms. The van der Waals surface area contributed by atoms with Crippen LogP contribution < -0.4 is 11.1 Å². The molecule has 4 aromatic heterocycles. The molecule has 0 radical (unpaired) electrons. The first-order chi connectivity index (χ1) is 21.5. The summed E-state index contributed by atoms with van der Waals surface area (Å²) in [6, 6.07) is 11.9. The molecule has 2 atom stereocenters. The van der Waals surface area contributed by atoms with E-state index >= 15 is 0 Å². The number of rotatable bonds is 9. The summed E-state index contributed by atoms with van der Waals surface area (Å²) < 4.78 is 42.3. The Kier molecular flexibility index (Phi) is 8.61. The Labute approximate surface area is 258 Å². The molecule has 1 fully saturated rings. The molecule has 13 heteroatoms. The van der Waals surface area contributed by atoms with E-state index in [0.717, 1.165) is 36.6 Å². The maximum atomic E-state index is 13.0. The minimum atomic E-state index is -4.43. The molecule has 0 saturated heterocycles. The quantitative estimate of drug-likeness (QED) is 0.183. The number of fused-ring (bicyclic) bond motifs is 2. The summed E-state index contributed by atoms with van der Waals surface area (Å²) in [6.07, 6.45) is -1.83. The van der Waals surface area contributed by atoms with Gasteiger partial charge in [-0.05, 0) is 49.9 Å². The summed E-state index contributed by atoms with van der Waals surface area (Å²) in [6.45, 7) is 4.58. The van der Waals surface area contributed by atoms with E-state index in [-0.39, 0.29) is 13.1 Å². The number of nitrogens with two attached hydrogens (primary N) is 1. The number of aliphatic hydroxyl groups excluding tert-OH is 2. The second kappa shape index (κ2) is 12.5. The van der Waals surface area contributed by atoms with Crippen LogP contribution >= 0.6 is 0 Å². The van der Waals surface area contributed by atoms with Crippen molar-refractivity contribution in [2.45, 2.75) is 70.4 Å². The van der Waals surface area contributed by atoms with Crippen LogP contribution in [-0.2, 0) is 12.7 Å². The number of hydrogen-bond acceptors (Lipinski definition) is 8. The average Bonchev–Trinajstić information content (AvgIpc) is 3.64. The molecule has 10 nitrogen and oxygen atoms in total. The second-order valence-electron chi connectivity index (χ2n) is 12.1. The molecule has 6 rings (SSSR count). The van der Waals surface area contributed by atoms with Gasteiger partial charge in [0.05, 0.1) is 34.0 Å². The normalized spacial score (nSPS) is 18.9. The summed E-state index contributed by atoms with van der Waals surface area (Å²) >= 11 is 0. The van der Waals surface area contributed by atoms with Gasteiger partial charge in [0.1, 0.15) is 12.2 Å². The van der Waals surface area contributed by atoms with Gasteiger partial charge in [-0.25, -0.2) is 19.0 Å². The van der Waals surface area contributed by atoms with Crippen LogP contribution in [0.5, 0.6) is 0 Å². The van der Waals surface area contributed by atoms with Crippen LogP contribution in [0.1, 0.15) is 84.8 Å². The topological polar surface area (TPSA) is 139 Å². The largest absolute Gasteiger partial charge is 0.416 e. The van der Waals surface area contributed by atoms with Crippen molar-refractivity contribution in [3.8, 4) is 11.3 Å². The van der Waals surface area contributed by atoms with E-state index < -0.39 is 23.9 Å². The Hall–Kier alpha value is -3.91. The molecule has 5 N–H and O–H groups in total. The molecule has 0 aliphatic heterocycles. The number of aliphatic hydroxyl groups is 2. The third-order valence-electron chi connectivity index (χ3n) is 8.60. The second-order valence-corrected chi connectivity index (χ2v) is 12.1. The Morgan fingerprint density at radius 1 is 0.911 bits per heavy atom. The first-order valence-corrected chi connectivity index (χ1v) is 15.2. The van der Waals surface area contributed by atoms with Crippen molar-refractivity contribution >= 4 is 11.3 Å². The molecule has 1 saturated carbocycles. The fraction of sp³-hybridized carbons (Fsp3) is 0.438. The Morgan fingerprint density at radius 2 is 1.58 bits per heavy atom. The van der Waals surface area contributed by atoms with Crippen molar-refractivity contribution in [2.24, 2.45) is 11.7 Å². The lowest BCUT2D eigenvalue weighted by Gasteiger charge is -2.24. The number of nitrogens with zero attached hydrogens (tertiary/aromatic N) is 6. The molecule has 45 heavy (non-hydrogen) atoms. The molecule has 0 amide bonds. The third kappa shape index (κ3) is 6.57. The zero-order valence-corrected chi connectivity index (χ0v) is 25.2. The van der Waals surface area contributed by atoms with Crippen molar-refractivity contribution in [3.05, 3.63) is 82.6 Å². The van der Waals surface area contributed by atoms with E-state index in [1.165, 1.54) is 29.5 Å². The average molecular weight is 623 g/mol. The van der Waals surface area contributed by atoms with Gasteiger partial charge in [0.2, 0.25) is 0 Å². The van der Waals surface area contributed by atoms with Crippen molar-refractivity contribution in [1.82, 2.24) is 34.5 Å². The number of hydrogen-bond donors (Lipinski definition) is 4. The van der Waals surface area contributed by atoms with Gasteiger partial charge in [0.15, 0.2) is 11.3 Å². The van der Waals surface area contributed by atoms with Gasteiger partial charge in [0.25, 0.3) is 0 Å². The van der Waals surface area contributed by atoms with Crippen molar-refractivity contribution in [2.75, 3.05) is 13.1 Å². The molecule has 1 aliphatic carbocycles. The SMILES string of the molecule is Cc1cc(C(O)CNCc2cc(C(O)CN)n3nc(C4CCC(C)CC4)cc3n2)n2nc(-c3ccc(C(F)(F)F)cc3)cc2n1. The molecule has 1 aromatic carbocycles. The minimum absolute atomic E-state index is 0.0383. The predicted octanol–water partition coefficient (Wildman–Crippen LogP) is 4.88. The van der Waals surface area contributed by atoms with Gasteiger partial charge in [0, 0.05) is 48.9 Å². The van der Waals surface area contributed by atoms with Gasteiger partial charge in [-0.15, -0.1) is 0 Å². The highest BCUT2D eigenvalue weighted by Crippen LogP contribution is 2.35. The van der Waals surface area contributed by atoms with Crippen molar-refractivity contribution in [3.63, 3.8) is 0 Å². The van der Waals surface area contributed by atoms with Gasteiger partial charge in [-0.2, -0.15) is 23.4 Å². The summed E-state index contributed by atoms with van der Waals surface area (Å²) in [5, 5.41) is 34.5. The Morgan fingerprint density at radius 3 is 2.27 bits per heavy atom. The van der Waals surface area contributed by atoms with E-state index in [9.17, 15) is 23.4 Å². The standard InChI is InChI=1S/C32H37F3N8O2/c1-18-3-5-20(6-4-18)25-14-31-39-23(12-27(28(44)15-36)43(31)41-25)16-37-17-29(45)26-11-19(2)38-30-13-24(40-42(26)30)21-7-9-22(10-8-21)32(33,34)35/h7-14,18,20,28-29,37,44-45H,3-6,15-17,36H2,1-2H3. The lowest BCUT2D eigenvalue weighted by molar-refractivity contribution is -0.137. The van der Waals surface area contributed by atoms with E-state index in [0.29, 0.717) is 57.8 Å². The molecule has 5 aromatic rings. The van der Waals surface area contributed by atoms with Gasteiger partial charge >= 0.3 is 6.18 Å². The van der Waals surface area contributed by atoms with Gasteiger partial charge in [-0.1, -0.05) is 31.9 Å². The van der Waals surface area contributed by atoms with Crippen LogP contribution in [-0.4, -0.2) is 52.5 Å². The summed E-state index contributed by atoms with van der Waals surface area (Å²) in [5.41, 5.74) is 10.5. The van der Waals surface area contributed by atoms with Crippen LogP contribution in [0.15, 0.2) is 48.5 Å². The van der Waals surface area contributed by atoms with E-state index in [1.54, 1.807) is 29.6 Å². The first-order valence-electron chi connectivity index (χ1n) is 15.2. The smallest absolute Gasteiger partial charge is 0.385 e. The lowest BCUT2D eigenvalue weighted by Crippen LogP contribution is -2.24. The number of alkyl halides is 3. The van der Waals surface area contributed by atoms with Crippen LogP contribution in [0.4, 0.5) is 13.2 Å². The lowest BCUT2D eigenvalue weighted by atomic mass is 9.81. The molecule has 1 aliphatic rings. The van der Waals surface area contributed by atoms with E-state index in [1.807, 2.05) is 6.07 Å². The highest BCUT2D eigenvalue weighted by atomic mass is 19.4. The fourth-order valence-corrected chi connectivity index (χ4v) is 6.05. The van der Waals surface area contributed by atoms with Gasteiger partial charge < -0.3 is 21.3 Å². The summed E-state index contributed by atoms with van der Waals surface area (Å²) in [7, 11) is 0. The summed E-state index contributed by atoms with van der Waals surface area (Å²) in [5.74, 6) is 1.09. The van der Waals surface area contributed by atoms with Gasteiger partial charge in [-0.3, -0.25) is 0 Å². The van der Waals surface area contributed by atoms with Crippen molar-refractivity contribution in [1.29, 1.82) is 0 Å². The number of nitrogens with one attached hydrogen (secondary N) is 1. The number of aromatic nitrogens is 6. The third-order valence-corrected chi connectivity index (χ3v) is 8.60. The van der Waals surface area contributed by atoms with Crippen LogP contribution in [0, 0.1) is 12.8 Å². The number of halogens is 3. The monoisotopic (exact) mass is 622 g/mol. The highest BCUT2D eigenvalue weighted by Gasteiger charge is 2.30. The molecule has 0 spiro atoms. The minimum Gasteiger partial charge on any atom is -0.385 e. The van der Waals surface area contributed by atoms with Crippen LogP contribution in [0.25, 0.3) is 22.6 Å². The Balaban J connectivity index is 1.20. The number of benzene rings is 1. The maximum absolute atomic E-state index is 13.0. The summed E-state index contributed by atoms with van der Waals surface area (Å²) in [4.78, 5) is 9.27. The number of aryl methyl sites for hydroxylation is 1. The van der Waals surface area contributed by atoms with E-state index in [4.69, 9.17) is 15.8 Å². The Bertz CT molecular complexity index is 1790. The van der Waals surface area contributed by atoms with Crippen LogP contribution in [0.3, 0.4) is 0 Å². The molecule has 2 unspecified atom stereocenters. The first kappa shape index (κ1) is 31.1. The van der Waals surface area contributed by atoms with E-state index in [2.05, 4.69) is 22.3 Å². The molecular formula is C32H37F3N8O2. The molecule has 238 valence electrons. The predicted molar refractivity (Wildman–Crippen MR) is 162 cm³/mol. The molecular weight excluding hydrogens is 585 g/mol. The fourth-order valence-electron chi connectivity index (χ4n) is 6.05. The van der Waals surface area contributed by atoms with Crippen LogP contribution in [0.2, 0.25) is 0 Å². The highest BCUT2D eigenvalue weighted by molar-refractivity contribution is 5.64.